The van der Waals surface area contributed by atoms with Crippen LogP contribution in [-0.2, 0) is 16.1 Å². The molecule has 7 heteroatoms. The van der Waals surface area contributed by atoms with Crippen molar-refractivity contribution in [3.05, 3.63) is 95.3 Å². The number of pyridine rings is 1. The van der Waals surface area contributed by atoms with E-state index >= 15 is 0 Å². The molecule has 1 N–H and O–H groups in total. The van der Waals surface area contributed by atoms with Crippen LogP contribution in [0.25, 0.3) is 5.76 Å². The van der Waals surface area contributed by atoms with E-state index < -0.39 is 17.7 Å². The molecule has 1 unspecified atom stereocenters. The Morgan fingerprint density at radius 2 is 1.82 bits per heavy atom. The van der Waals surface area contributed by atoms with E-state index in [1.165, 1.54) is 4.90 Å². The van der Waals surface area contributed by atoms with Crippen LogP contribution in [0.5, 0.6) is 11.5 Å². The number of hydrogen-bond donors (Lipinski definition) is 1. The second-order valence-electron chi connectivity index (χ2n) is 7.49. The van der Waals surface area contributed by atoms with Gasteiger partial charge in [-0.3, -0.25) is 14.6 Å². The second kappa shape index (κ2) is 9.56. The SMILES string of the molecule is CCOc1cccc(/C(O)=C2/C(=O)C(=O)N(Cc3ccccn3)C2c2cccc(OC)c2)c1. The lowest BCUT2D eigenvalue weighted by atomic mass is 9.95. The molecular weight excluding hydrogens is 420 g/mol. The summed E-state index contributed by atoms with van der Waals surface area (Å²) in [6, 6.07) is 18.5. The van der Waals surface area contributed by atoms with E-state index in [0.717, 1.165) is 0 Å². The Morgan fingerprint density at radius 1 is 1.03 bits per heavy atom. The molecule has 0 saturated carbocycles. The van der Waals surface area contributed by atoms with Gasteiger partial charge in [0, 0.05) is 11.8 Å². The number of nitrogens with zero attached hydrogens (tertiary/aromatic N) is 2. The Labute approximate surface area is 191 Å². The number of benzene rings is 2. The van der Waals surface area contributed by atoms with Crippen molar-refractivity contribution in [2.75, 3.05) is 13.7 Å². The normalized spacial score (nSPS) is 17.3. The van der Waals surface area contributed by atoms with Gasteiger partial charge in [-0.25, -0.2) is 0 Å². The molecule has 1 saturated heterocycles. The number of hydrogen-bond acceptors (Lipinski definition) is 6. The zero-order chi connectivity index (χ0) is 23.4. The van der Waals surface area contributed by atoms with E-state index in [2.05, 4.69) is 4.98 Å². The lowest BCUT2D eigenvalue weighted by molar-refractivity contribution is -0.140. The summed E-state index contributed by atoms with van der Waals surface area (Å²) < 4.78 is 10.9. The van der Waals surface area contributed by atoms with Crippen LogP contribution in [-0.4, -0.2) is 40.4 Å². The van der Waals surface area contributed by atoms with Crippen molar-refractivity contribution in [3.8, 4) is 11.5 Å². The molecule has 0 aliphatic carbocycles. The molecule has 3 aromatic rings. The first-order valence-corrected chi connectivity index (χ1v) is 10.6. The maximum atomic E-state index is 13.2. The number of aromatic nitrogens is 1. The fraction of sp³-hybridized carbons (Fsp3) is 0.192. The summed E-state index contributed by atoms with van der Waals surface area (Å²) in [5, 5.41) is 11.2. The molecule has 1 aromatic heterocycles. The molecule has 1 amide bonds. The topological polar surface area (TPSA) is 89.0 Å². The van der Waals surface area contributed by atoms with E-state index in [4.69, 9.17) is 9.47 Å². The van der Waals surface area contributed by atoms with Gasteiger partial charge in [-0.2, -0.15) is 0 Å². The summed E-state index contributed by atoms with van der Waals surface area (Å²) in [6.07, 6.45) is 1.63. The van der Waals surface area contributed by atoms with E-state index in [1.54, 1.807) is 74.0 Å². The fourth-order valence-electron chi connectivity index (χ4n) is 3.92. The third-order valence-corrected chi connectivity index (χ3v) is 5.43. The fourth-order valence-corrected chi connectivity index (χ4v) is 3.92. The molecular formula is C26H24N2O5. The number of amides is 1. The Bertz CT molecular complexity index is 1210. The van der Waals surface area contributed by atoms with Crippen LogP contribution in [0.4, 0.5) is 0 Å². The molecule has 2 heterocycles. The summed E-state index contributed by atoms with van der Waals surface area (Å²) in [5.41, 5.74) is 1.68. The molecule has 7 nitrogen and oxygen atoms in total. The van der Waals surface area contributed by atoms with E-state index in [-0.39, 0.29) is 17.9 Å². The van der Waals surface area contributed by atoms with Gasteiger partial charge in [0.15, 0.2) is 0 Å². The van der Waals surface area contributed by atoms with Crippen LogP contribution < -0.4 is 9.47 Å². The Hall–Kier alpha value is -4.13. The van der Waals surface area contributed by atoms with E-state index in [0.29, 0.717) is 34.9 Å². The Balaban J connectivity index is 1.86. The van der Waals surface area contributed by atoms with Crippen molar-refractivity contribution in [1.29, 1.82) is 0 Å². The highest BCUT2D eigenvalue weighted by atomic mass is 16.5. The standard InChI is InChI=1S/C26H24N2O5/c1-3-33-21-12-7-9-18(15-21)24(29)22-23(17-8-6-11-20(14-17)32-2)28(26(31)25(22)30)16-19-10-4-5-13-27-19/h4-15,23,29H,3,16H2,1-2H3/b24-22-. The number of aliphatic hydroxyl groups is 1. The number of Topliss-reactive ketones (excluding diaryl/α,β-unsaturated/α-hetero) is 1. The van der Waals surface area contributed by atoms with Gasteiger partial charge in [0.25, 0.3) is 11.7 Å². The van der Waals surface area contributed by atoms with Crippen molar-refractivity contribution in [3.63, 3.8) is 0 Å². The minimum Gasteiger partial charge on any atom is -0.507 e. The van der Waals surface area contributed by atoms with Crippen LogP contribution in [0.1, 0.15) is 29.8 Å². The van der Waals surface area contributed by atoms with Gasteiger partial charge >= 0.3 is 0 Å². The van der Waals surface area contributed by atoms with Crippen molar-refractivity contribution in [2.24, 2.45) is 0 Å². The summed E-state index contributed by atoms with van der Waals surface area (Å²) in [5.74, 6) is -0.572. The number of ether oxygens (including phenoxy) is 2. The third-order valence-electron chi connectivity index (χ3n) is 5.43. The lowest BCUT2D eigenvalue weighted by Crippen LogP contribution is -2.29. The molecule has 1 atom stereocenters. The highest BCUT2D eigenvalue weighted by Crippen LogP contribution is 2.41. The number of likely N-dealkylation sites (tertiary alicyclic amines) is 1. The average molecular weight is 444 g/mol. The molecule has 33 heavy (non-hydrogen) atoms. The van der Waals surface area contributed by atoms with E-state index in [1.807, 2.05) is 13.0 Å². The molecule has 168 valence electrons. The first kappa shape index (κ1) is 22.1. The van der Waals surface area contributed by atoms with Crippen LogP contribution in [0.3, 0.4) is 0 Å². The summed E-state index contributed by atoms with van der Waals surface area (Å²) in [7, 11) is 1.54. The molecule has 0 spiro atoms. The van der Waals surface area contributed by atoms with Gasteiger partial charge in [-0.15, -0.1) is 0 Å². The van der Waals surface area contributed by atoms with Gasteiger partial charge in [0.1, 0.15) is 17.3 Å². The zero-order valence-corrected chi connectivity index (χ0v) is 18.4. The number of ketones is 1. The summed E-state index contributed by atoms with van der Waals surface area (Å²) >= 11 is 0. The molecule has 1 aliphatic rings. The number of carbonyl (C=O) groups is 2. The predicted octanol–water partition coefficient (Wildman–Crippen LogP) is 4.11. The van der Waals surface area contributed by atoms with E-state index in [9.17, 15) is 14.7 Å². The summed E-state index contributed by atoms with van der Waals surface area (Å²) in [6.45, 7) is 2.43. The van der Waals surface area contributed by atoms with Gasteiger partial charge in [-0.05, 0) is 48.9 Å². The van der Waals surface area contributed by atoms with Crippen molar-refractivity contribution < 1.29 is 24.2 Å². The predicted molar refractivity (Wildman–Crippen MR) is 123 cm³/mol. The molecule has 1 aliphatic heterocycles. The maximum absolute atomic E-state index is 13.2. The van der Waals surface area contributed by atoms with Gasteiger partial charge in [0.2, 0.25) is 0 Å². The van der Waals surface area contributed by atoms with Crippen LogP contribution in [0, 0.1) is 0 Å². The van der Waals surface area contributed by atoms with Crippen molar-refractivity contribution in [1.82, 2.24) is 9.88 Å². The van der Waals surface area contributed by atoms with Crippen LogP contribution in [0.2, 0.25) is 0 Å². The number of methoxy groups -OCH3 is 1. The minimum absolute atomic E-state index is 0.0119. The molecule has 2 aromatic carbocycles. The van der Waals surface area contributed by atoms with Crippen LogP contribution >= 0.6 is 0 Å². The molecule has 0 bridgehead atoms. The Kier molecular flexibility index (Phi) is 6.40. The minimum atomic E-state index is -0.808. The smallest absolute Gasteiger partial charge is 0.296 e. The number of rotatable bonds is 7. The first-order chi connectivity index (χ1) is 16.0. The first-order valence-electron chi connectivity index (χ1n) is 10.6. The van der Waals surface area contributed by atoms with Gasteiger partial charge in [-0.1, -0.05) is 30.3 Å². The number of carbonyl (C=O) groups excluding carboxylic acids is 2. The average Bonchev–Trinajstić information content (AvgIpc) is 3.09. The van der Waals surface area contributed by atoms with Crippen molar-refractivity contribution in [2.45, 2.75) is 19.5 Å². The van der Waals surface area contributed by atoms with Crippen molar-refractivity contribution >= 4 is 17.4 Å². The monoisotopic (exact) mass is 444 g/mol. The highest BCUT2D eigenvalue weighted by Gasteiger charge is 2.46. The van der Waals surface area contributed by atoms with Crippen LogP contribution in [0.15, 0.2) is 78.5 Å². The zero-order valence-electron chi connectivity index (χ0n) is 18.4. The quantitative estimate of drug-likeness (QED) is 0.335. The summed E-state index contributed by atoms with van der Waals surface area (Å²) in [4.78, 5) is 32.0. The van der Waals surface area contributed by atoms with Gasteiger partial charge < -0.3 is 19.5 Å². The second-order valence-corrected chi connectivity index (χ2v) is 7.49. The lowest BCUT2D eigenvalue weighted by Gasteiger charge is -2.25. The highest BCUT2D eigenvalue weighted by molar-refractivity contribution is 6.46. The maximum Gasteiger partial charge on any atom is 0.296 e. The third kappa shape index (κ3) is 4.43. The number of aliphatic hydroxyl groups excluding tert-OH is 1. The molecule has 1 fully saturated rings. The molecule has 4 rings (SSSR count). The largest absolute Gasteiger partial charge is 0.507 e. The van der Waals surface area contributed by atoms with Gasteiger partial charge in [0.05, 0.1) is 37.6 Å². The molecule has 0 radical (unpaired) electrons. The Morgan fingerprint density at radius 3 is 2.55 bits per heavy atom.